The minimum Gasteiger partial charge on any atom is -0.456 e. The highest BCUT2D eigenvalue weighted by Gasteiger charge is 2.25. The van der Waals surface area contributed by atoms with Crippen LogP contribution in [0.15, 0.2) is 349 Å². The van der Waals surface area contributed by atoms with Gasteiger partial charge in [0.1, 0.15) is 34.0 Å². The van der Waals surface area contributed by atoms with Gasteiger partial charge in [-0.05, 0) is 109 Å². The fourth-order valence-corrected chi connectivity index (χ4v) is 15.8. The highest BCUT2D eigenvalue weighted by atomic mass is 16.3. The number of hydrogen-bond acceptors (Lipinski definition) is 6. The molecule has 22 aromatic rings. The summed E-state index contributed by atoms with van der Waals surface area (Å²) >= 11 is 0. The Balaban J connectivity index is 0.000000133. The van der Waals surface area contributed by atoms with Crippen molar-refractivity contribution < 1.29 is 8.83 Å². The van der Waals surface area contributed by atoms with Gasteiger partial charge in [-0.2, -0.15) is 0 Å². The molecule has 0 N–H and O–H groups in total. The second kappa shape index (κ2) is 22.8. The van der Waals surface area contributed by atoms with Gasteiger partial charge in [-0.3, -0.25) is 9.13 Å². The van der Waals surface area contributed by atoms with Crippen molar-refractivity contribution in [1.82, 2.24) is 38.2 Å². The number of benzene rings is 14. The summed E-state index contributed by atoms with van der Waals surface area (Å²) in [4.78, 5) is 21.2. The molecule has 10 heteroatoms. The summed E-state index contributed by atoms with van der Waals surface area (Å²) in [5.41, 5.74) is 20.3. The lowest BCUT2D eigenvalue weighted by Crippen LogP contribution is -2.03. The Morgan fingerprint density at radius 3 is 1.09 bits per heavy atom. The topological polar surface area (TPSA) is 97.6 Å². The molecule has 0 aliphatic rings. The number of nitrogens with zero attached hydrogens (tertiary/aromatic N) is 8. The van der Waals surface area contributed by atoms with Crippen LogP contribution in [0.5, 0.6) is 0 Å². The highest BCUT2D eigenvalue weighted by molar-refractivity contribution is 6.21. The van der Waals surface area contributed by atoms with E-state index in [-0.39, 0.29) is 0 Å². The SMILES string of the molecule is c1ccc(-c2cc(-n3c4ccccc4c4cc5c6ccccc6n(-c6ccccc6)c5cc43)nc(-c3ccc4oc5ccccc5c4c3)n2)cc1.c1ccc(-c2cc(-n3c4ccccc4c4cc5c6ccccc6n(-c6ccccc6)c5cc43)nc(-c3cccc4oc5ccccc5c34)n2)cc1. The van der Waals surface area contributed by atoms with E-state index in [4.69, 9.17) is 28.8 Å². The largest absolute Gasteiger partial charge is 0.456 e. The third-order valence-corrected chi connectivity index (χ3v) is 20.3. The zero-order valence-electron chi connectivity index (χ0n) is 54.7. The lowest BCUT2D eigenvalue weighted by molar-refractivity contribution is 0.668. The Bertz CT molecular complexity index is 7120. The molecule has 0 fully saturated rings. The molecule has 22 rings (SSSR count). The molecule has 476 valence electrons. The summed E-state index contributed by atoms with van der Waals surface area (Å²) in [7, 11) is 0. The Morgan fingerprint density at radius 1 is 0.206 bits per heavy atom. The fraction of sp³-hybridized carbons (Fsp3) is 0. The average molecular weight is 1310 g/mol. The maximum atomic E-state index is 6.30. The van der Waals surface area contributed by atoms with E-state index in [0.29, 0.717) is 11.6 Å². The smallest absolute Gasteiger partial charge is 0.162 e. The van der Waals surface area contributed by atoms with Crippen molar-refractivity contribution in [1.29, 1.82) is 0 Å². The van der Waals surface area contributed by atoms with Crippen LogP contribution in [0.1, 0.15) is 0 Å². The van der Waals surface area contributed by atoms with E-state index < -0.39 is 0 Å². The quantitative estimate of drug-likeness (QED) is 0.150. The van der Waals surface area contributed by atoms with Crippen molar-refractivity contribution in [2.24, 2.45) is 0 Å². The molecule has 0 amide bonds. The first-order chi connectivity index (χ1) is 50.6. The van der Waals surface area contributed by atoms with Crippen LogP contribution in [0.3, 0.4) is 0 Å². The molecule has 0 bridgehead atoms. The van der Waals surface area contributed by atoms with Gasteiger partial charge in [0.25, 0.3) is 0 Å². The second-order valence-electron chi connectivity index (χ2n) is 26.0. The number of hydrogen-bond donors (Lipinski definition) is 0. The average Bonchev–Trinajstić information content (AvgIpc) is 1.65. The minimum atomic E-state index is 0.647. The second-order valence-corrected chi connectivity index (χ2v) is 26.0. The molecule has 0 saturated heterocycles. The predicted octanol–water partition coefficient (Wildman–Crippen LogP) is 23.8. The van der Waals surface area contributed by atoms with Gasteiger partial charge in [-0.15, -0.1) is 0 Å². The van der Waals surface area contributed by atoms with Crippen LogP contribution in [0.2, 0.25) is 0 Å². The van der Waals surface area contributed by atoms with Crippen LogP contribution >= 0.6 is 0 Å². The van der Waals surface area contributed by atoms with Crippen molar-refractivity contribution in [2.75, 3.05) is 0 Å². The first-order valence-corrected chi connectivity index (χ1v) is 34.3. The third kappa shape index (κ3) is 8.99. The molecule has 0 aliphatic heterocycles. The predicted molar refractivity (Wildman–Crippen MR) is 418 cm³/mol. The van der Waals surface area contributed by atoms with E-state index in [1.165, 1.54) is 54.1 Å². The van der Waals surface area contributed by atoms with Crippen LogP contribution in [-0.4, -0.2) is 38.2 Å². The summed E-state index contributed by atoms with van der Waals surface area (Å²) in [6.45, 7) is 0. The van der Waals surface area contributed by atoms with E-state index in [2.05, 4.69) is 291 Å². The molecular weight excluding hydrogens is 1250 g/mol. The molecule has 0 spiro atoms. The molecule has 8 heterocycles. The van der Waals surface area contributed by atoms with Gasteiger partial charge in [-0.25, -0.2) is 19.9 Å². The number of rotatable bonds is 8. The van der Waals surface area contributed by atoms with E-state index in [9.17, 15) is 0 Å². The molecule has 102 heavy (non-hydrogen) atoms. The van der Waals surface area contributed by atoms with Crippen molar-refractivity contribution in [3.8, 4) is 68.3 Å². The van der Waals surface area contributed by atoms with Gasteiger partial charge < -0.3 is 18.0 Å². The lowest BCUT2D eigenvalue weighted by atomic mass is 10.1. The van der Waals surface area contributed by atoms with Gasteiger partial charge in [0.2, 0.25) is 0 Å². The van der Waals surface area contributed by atoms with Crippen LogP contribution in [0, 0.1) is 0 Å². The normalized spacial score (nSPS) is 11.9. The summed E-state index contributed by atoms with van der Waals surface area (Å²) in [5.74, 6) is 2.92. The van der Waals surface area contributed by atoms with Crippen LogP contribution in [0.4, 0.5) is 0 Å². The van der Waals surface area contributed by atoms with Crippen LogP contribution in [0.25, 0.3) is 199 Å². The Morgan fingerprint density at radius 2 is 0.578 bits per heavy atom. The van der Waals surface area contributed by atoms with Gasteiger partial charge in [0.05, 0.1) is 55.5 Å². The van der Waals surface area contributed by atoms with Gasteiger partial charge in [-0.1, -0.05) is 218 Å². The van der Waals surface area contributed by atoms with Gasteiger partial charge in [0.15, 0.2) is 11.6 Å². The lowest BCUT2D eigenvalue weighted by Gasteiger charge is -2.13. The van der Waals surface area contributed by atoms with Crippen molar-refractivity contribution in [3.63, 3.8) is 0 Å². The third-order valence-electron chi connectivity index (χ3n) is 20.3. The summed E-state index contributed by atoms with van der Waals surface area (Å²) in [5, 5.41) is 13.8. The summed E-state index contributed by atoms with van der Waals surface area (Å²) in [6.07, 6.45) is 0. The molecular formula is C92H56N8O2. The van der Waals surface area contributed by atoms with E-state index >= 15 is 0 Å². The molecule has 0 unspecified atom stereocenters. The molecule has 14 aromatic carbocycles. The van der Waals surface area contributed by atoms with Crippen LogP contribution < -0.4 is 0 Å². The number of fused-ring (bicyclic) bond motifs is 18. The van der Waals surface area contributed by atoms with E-state index in [0.717, 1.165) is 134 Å². The molecule has 8 aromatic heterocycles. The Kier molecular flexibility index (Phi) is 12.8. The van der Waals surface area contributed by atoms with Crippen LogP contribution in [-0.2, 0) is 0 Å². The maximum Gasteiger partial charge on any atom is 0.162 e. The summed E-state index contributed by atoms with van der Waals surface area (Å²) in [6, 6.07) is 119. The van der Waals surface area contributed by atoms with E-state index in [1.807, 2.05) is 66.7 Å². The monoisotopic (exact) mass is 1300 g/mol. The maximum absolute atomic E-state index is 6.30. The molecule has 0 atom stereocenters. The zero-order chi connectivity index (χ0) is 66.9. The highest BCUT2D eigenvalue weighted by Crippen LogP contribution is 2.44. The van der Waals surface area contributed by atoms with Crippen molar-refractivity contribution in [3.05, 3.63) is 340 Å². The molecule has 10 nitrogen and oxygen atoms in total. The number of aromatic nitrogens is 8. The first-order valence-electron chi connectivity index (χ1n) is 34.3. The Hall–Kier alpha value is -14.0. The molecule has 0 radical (unpaired) electrons. The van der Waals surface area contributed by atoms with Crippen molar-refractivity contribution >= 4 is 131 Å². The Labute approximate surface area is 582 Å². The van der Waals surface area contributed by atoms with Crippen molar-refractivity contribution in [2.45, 2.75) is 0 Å². The van der Waals surface area contributed by atoms with E-state index in [1.54, 1.807) is 0 Å². The first kappa shape index (κ1) is 57.1. The molecule has 0 saturated carbocycles. The zero-order valence-corrected chi connectivity index (χ0v) is 54.7. The van der Waals surface area contributed by atoms with Gasteiger partial charge in [0, 0.05) is 110 Å². The minimum absolute atomic E-state index is 0.647. The fourth-order valence-electron chi connectivity index (χ4n) is 15.8. The molecule has 0 aliphatic carbocycles. The number of furan rings is 2. The number of para-hydroxylation sites is 8. The standard InChI is InChI=1S/2C46H28N4O/c1-3-14-29(15-4-1)37-27-44(48-46(47-37)34-21-13-25-43-45(34)33-20-9-12-24-42(33)51-43)50-39-23-11-8-19-32(39)36-26-35-31-18-7-10-22-38(31)49(40(35)28-41(36)50)30-16-5-2-6-17-30;1-3-13-29(14-4-1)38-27-45(48-46(47-38)30-23-24-44-37(25-30)34-19-9-12-22-43(34)51-44)50-40-21-11-8-18-33(40)36-26-35-32-17-7-10-20-39(32)49(41(35)28-42(36)50)31-15-5-2-6-16-31/h2*1-28H. The van der Waals surface area contributed by atoms with Gasteiger partial charge >= 0.3 is 0 Å². The summed E-state index contributed by atoms with van der Waals surface area (Å²) < 4.78 is 21.8.